The molecule has 0 unspecified atom stereocenters. The highest BCUT2D eigenvalue weighted by Crippen LogP contribution is 2.18. The Bertz CT molecular complexity index is 324. The van der Waals surface area contributed by atoms with E-state index in [1.807, 2.05) is 18.8 Å². The normalized spacial score (nSPS) is 12.1. The van der Waals surface area contributed by atoms with E-state index in [9.17, 15) is 0 Å². The van der Waals surface area contributed by atoms with E-state index in [2.05, 4.69) is 38.1 Å². The summed E-state index contributed by atoms with van der Waals surface area (Å²) in [6.45, 7) is 8.62. The van der Waals surface area contributed by atoms with Crippen LogP contribution in [0.3, 0.4) is 0 Å². The van der Waals surface area contributed by atoms with Crippen molar-refractivity contribution in [3.05, 3.63) is 17.0 Å². The first-order valence-electron chi connectivity index (χ1n) is 5.05. The van der Waals surface area contributed by atoms with Crippen LogP contribution in [0.5, 0.6) is 0 Å². The van der Waals surface area contributed by atoms with Crippen molar-refractivity contribution in [3.63, 3.8) is 0 Å². The van der Waals surface area contributed by atoms with Crippen molar-refractivity contribution in [2.75, 3.05) is 7.05 Å². The number of nitrogens with zero attached hydrogens (tertiary/aromatic N) is 2. The summed E-state index contributed by atoms with van der Waals surface area (Å²) in [4.78, 5) is 0. The smallest absolute Gasteiger partial charge is 0.0629 e. The lowest BCUT2D eigenvalue weighted by atomic mass is 9.94. The van der Waals surface area contributed by atoms with Crippen molar-refractivity contribution in [1.29, 1.82) is 0 Å². The van der Waals surface area contributed by atoms with E-state index in [0.29, 0.717) is 0 Å². The number of hydrogen-bond donors (Lipinski definition) is 1. The van der Waals surface area contributed by atoms with Crippen LogP contribution in [-0.4, -0.2) is 22.4 Å². The van der Waals surface area contributed by atoms with E-state index in [1.54, 1.807) is 0 Å². The topological polar surface area (TPSA) is 29.9 Å². The van der Waals surface area contributed by atoms with E-state index in [1.165, 1.54) is 11.3 Å². The predicted octanol–water partition coefficient (Wildman–Crippen LogP) is 1.58. The number of aryl methyl sites for hydroxylation is 2. The number of nitrogens with one attached hydrogen (secondary N) is 1. The maximum absolute atomic E-state index is 4.42. The van der Waals surface area contributed by atoms with Gasteiger partial charge in [0.15, 0.2) is 0 Å². The van der Waals surface area contributed by atoms with Crippen molar-refractivity contribution in [2.24, 2.45) is 7.05 Å². The van der Waals surface area contributed by atoms with Crippen LogP contribution >= 0.6 is 0 Å². The molecule has 0 radical (unpaired) electrons. The van der Waals surface area contributed by atoms with Gasteiger partial charge in [0, 0.05) is 18.3 Å². The first-order chi connectivity index (χ1) is 6.37. The number of likely N-dealkylation sites (N-methyl/N-ethyl adjacent to an activating group) is 1. The molecule has 0 amide bonds. The minimum Gasteiger partial charge on any atom is -0.314 e. The summed E-state index contributed by atoms with van der Waals surface area (Å²) >= 11 is 0. The third kappa shape index (κ3) is 2.15. The molecule has 80 valence electrons. The summed E-state index contributed by atoms with van der Waals surface area (Å²) in [5.41, 5.74) is 3.92. The fraction of sp³-hybridized carbons (Fsp3) is 0.727. The van der Waals surface area contributed by atoms with Gasteiger partial charge in [-0.15, -0.1) is 0 Å². The molecule has 0 fully saturated rings. The minimum atomic E-state index is 0.137. The highest BCUT2D eigenvalue weighted by molar-refractivity contribution is 5.26. The third-order valence-electron chi connectivity index (χ3n) is 2.95. The van der Waals surface area contributed by atoms with Gasteiger partial charge < -0.3 is 5.32 Å². The Kier molecular flexibility index (Phi) is 3.00. The zero-order valence-electron chi connectivity index (χ0n) is 10.1. The van der Waals surface area contributed by atoms with Gasteiger partial charge in [-0.3, -0.25) is 4.68 Å². The fourth-order valence-corrected chi connectivity index (χ4v) is 1.60. The molecule has 0 aliphatic carbocycles. The predicted molar refractivity (Wildman–Crippen MR) is 59.5 cm³/mol. The summed E-state index contributed by atoms with van der Waals surface area (Å²) in [5, 5.41) is 7.73. The fourth-order valence-electron chi connectivity index (χ4n) is 1.60. The molecule has 14 heavy (non-hydrogen) atoms. The molecule has 1 N–H and O–H groups in total. The third-order valence-corrected chi connectivity index (χ3v) is 2.95. The van der Waals surface area contributed by atoms with Crippen molar-refractivity contribution < 1.29 is 0 Å². The molecule has 0 aromatic carbocycles. The van der Waals surface area contributed by atoms with Crippen LogP contribution in [0.25, 0.3) is 0 Å². The molecule has 0 saturated carbocycles. The lowest BCUT2D eigenvalue weighted by Crippen LogP contribution is -2.38. The second-order valence-electron chi connectivity index (χ2n) is 4.58. The lowest BCUT2D eigenvalue weighted by molar-refractivity contribution is 0.420. The van der Waals surface area contributed by atoms with Gasteiger partial charge in [0.25, 0.3) is 0 Å². The zero-order chi connectivity index (χ0) is 10.9. The zero-order valence-corrected chi connectivity index (χ0v) is 10.1. The summed E-state index contributed by atoms with van der Waals surface area (Å²) in [5.74, 6) is 0. The van der Waals surface area contributed by atoms with Crippen LogP contribution in [-0.2, 0) is 13.5 Å². The molecule has 0 bridgehead atoms. The SMILES string of the molecule is CNC(C)(C)Cc1c(C)nn(C)c1C. The van der Waals surface area contributed by atoms with Gasteiger partial charge in [-0.1, -0.05) is 0 Å². The largest absolute Gasteiger partial charge is 0.314 e. The van der Waals surface area contributed by atoms with Crippen LogP contribution in [0.2, 0.25) is 0 Å². The number of aromatic nitrogens is 2. The van der Waals surface area contributed by atoms with E-state index in [4.69, 9.17) is 0 Å². The Labute approximate surface area is 86.5 Å². The maximum atomic E-state index is 4.42. The summed E-state index contributed by atoms with van der Waals surface area (Å²) in [7, 11) is 4.00. The first kappa shape index (κ1) is 11.2. The maximum Gasteiger partial charge on any atom is 0.0629 e. The van der Waals surface area contributed by atoms with E-state index < -0.39 is 0 Å². The number of hydrogen-bond acceptors (Lipinski definition) is 2. The molecule has 0 spiro atoms. The average Bonchev–Trinajstić information content (AvgIpc) is 2.32. The summed E-state index contributed by atoms with van der Waals surface area (Å²) < 4.78 is 1.95. The van der Waals surface area contributed by atoms with Gasteiger partial charge >= 0.3 is 0 Å². The van der Waals surface area contributed by atoms with Gasteiger partial charge in [0.05, 0.1) is 5.69 Å². The lowest BCUT2D eigenvalue weighted by Gasteiger charge is -2.24. The molecule has 0 aliphatic rings. The molecular formula is C11H21N3. The second kappa shape index (κ2) is 3.73. The van der Waals surface area contributed by atoms with Crippen molar-refractivity contribution >= 4 is 0 Å². The molecule has 0 saturated heterocycles. The van der Waals surface area contributed by atoms with Crippen LogP contribution < -0.4 is 5.32 Å². The van der Waals surface area contributed by atoms with Gasteiger partial charge in [-0.05, 0) is 46.7 Å². The summed E-state index contributed by atoms with van der Waals surface area (Å²) in [6, 6.07) is 0. The molecule has 1 aromatic rings. The highest BCUT2D eigenvalue weighted by atomic mass is 15.3. The van der Waals surface area contributed by atoms with Crippen LogP contribution in [0, 0.1) is 13.8 Å². The van der Waals surface area contributed by atoms with E-state index >= 15 is 0 Å². The molecule has 1 heterocycles. The quantitative estimate of drug-likeness (QED) is 0.793. The van der Waals surface area contributed by atoms with Gasteiger partial charge in [0.2, 0.25) is 0 Å². The molecule has 3 nitrogen and oxygen atoms in total. The Morgan fingerprint density at radius 1 is 1.36 bits per heavy atom. The first-order valence-corrected chi connectivity index (χ1v) is 5.05. The Balaban J connectivity index is 2.97. The van der Waals surface area contributed by atoms with Crippen molar-refractivity contribution in [2.45, 2.75) is 39.7 Å². The molecule has 1 rings (SSSR count). The standard InChI is InChI=1S/C11H21N3/c1-8-10(7-11(3,4)12-5)9(2)14(6)13-8/h12H,7H2,1-6H3. The Hall–Kier alpha value is -0.830. The highest BCUT2D eigenvalue weighted by Gasteiger charge is 2.20. The van der Waals surface area contributed by atoms with E-state index in [-0.39, 0.29) is 5.54 Å². The van der Waals surface area contributed by atoms with Crippen molar-refractivity contribution in [3.8, 4) is 0 Å². The summed E-state index contributed by atoms with van der Waals surface area (Å²) in [6.07, 6.45) is 1.02. The minimum absolute atomic E-state index is 0.137. The molecule has 3 heteroatoms. The van der Waals surface area contributed by atoms with Crippen LogP contribution in [0.1, 0.15) is 30.8 Å². The molecule has 1 aromatic heterocycles. The van der Waals surface area contributed by atoms with Crippen LogP contribution in [0.4, 0.5) is 0 Å². The average molecular weight is 195 g/mol. The monoisotopic (exact) mass is 195 g/mol. The van der Waals surface area contributed by atoms with Gasteiger partial charge in [-0.2, -0.15) is 5.10 Å². The Morgan fingerprint density at radius 2 is 1.93 bits per heavy atom. The van der Waals surface area contributed by atoms with Gasteiger partial charge in [0.1, 0.15) is 0 Å². The second-order valence-corrected chi connectivity index (χ2v) is 4.58. The number of rotatable bonds is 3. The van der Waals surface area contributed by atoms with Gasteiger partial charge in [-0.25, -0.2) is 0 Å². The molecular weight excluding hydrogens is 174 g/mol. The molecule has 0 atom stereocenters. The van der Waals surface area contributed by atoms with E-state index in [0.717, 1.165) is 12.1 Å². The van der Waals surface area contributed by atoms with Crippen LogP contribution in [0.15, 0.2) is 0 Å². The molecule has 0 aliphatic heterocycles. The van der Waals surface area contributed by atoms with Crippen molar-refractivity contribution in [1.82, 2.24) is 15.1 Å². The Morgan fingerprint density at radius 3 is 2.29 bits per heavy atom.